The number of nitrogens with two attached hydrogens (primary N) is 1. The van der Waals surface area contributed by atoms with Gasteiger partial charge in [-0.15, -0.1) is 11.8 Å². The van der Waals surface area contributed by atoms with Crippen LogP contribution < -0.4 is 10.5 Å². The third kappa shape index (κ3) is 3.78. The normalized spacial score (nSPS) is 12.2. The van der Waals surface area contributed by atoms with Gasteiger partial charge in [-0.05, 0) is 35.7 Å². The standard InChI is InChI=1S/C17H21NOS/c1-13-6-3-4-7-15(13)12-20-17(11-18)14-8-5-9-16(10-14)19-2/h3-10,17H,11-12,18H2,1-2H3. The fraction of sp³-hybridized carbons (Fsp3) is 0.294. The van der Waals surface area contributed by atoms with Gasteiger partial charge in [-0.25, -0.2) is 0 Å². The summed E-state index contributed by atoms with van der Waals surface area (Å²) in [6, 6.07) is 16.7. The summed E-state index contributed by atoms with van der Waals surface area (Å²) in [5.41, 5.74) is 9.87. The van der Waals surface area contributed by atoms with E-state index in [2.05, 4.69) is 43.3 Å². The first-order valence-electron chi connectivity index (χ1n) is 6.74. The van der Waals surface area contributed by atoms with E-state index in [-0.39, 0.29) is 0 Å². The molecule has 2 aromatic carbocycles. The Hall–Kier alpha value is -1.45. The van der Waals surface area contributed by atoms with Crippen LogP contribution in [0.2, 0.25) is 0 Å². The molecule has 2 N–H and O–H groups in total. The molecule has 2 nitrogen and oxygen atoms in total. The lowest BCUT2D eigenvalue weighted by molar-refractivity contribution is 0.414. The smallest absolute Gasteiger partial charge is 0.119 e. The first-order chi connectivity index (χ1) is 9.74. The summed E-state index contributed by atoms with van der Waals surface area (Å²) in [7, 11) is 1.69. The van der Waals surface area contributed by atoms with Crippen molar-refractivity contribution in [2.75, 3.05) is 13.7 Å². The van der Waals surface area contributed by atoms with Crippen molar-refractivity contribution in [2.45, 2.75) is 17.9 Å². The monoisotopic (exact) mass is 287 g/mol. The maximum Gasteiger partial charge on any atom is 0.119 e. The highest BCUT2D eigenvalue weighted by Gasteiger charge is 2.11. The van der Waals surface area contributed by atoms with Crippen LogP contribution in [-0.2, 0) is 5.75 Å². The summed E-state index contributed by atoms with van der Waals surface area (Å²) < 4.78 is 5.28. The maximum absolute atomic E-state index is 5.94. The third-order valence-corrected chi connectivity index (χ3v) is 4.73. The molecule has 0 aliphatic carbocycles. The summed E-state index contributed by atoms with van der Waals surface area (Å²) in [5, 5.41) is 0.296. The molecule has 0 spiro atoms. The Morgan fingerprint density at radius 3 is 2.65 bits per heavy atom. The molecular formula is C17H21NOS. The van der Waals surface area contributed by atoms with Gasteiger partial charge < -0.3 is 10.5 Å². The van der Waals surface area contributed by atoms with Crippen LogP contribution in [0.25, 0.3) is 0 Å². The Morgan fingerprint density at radius 1 is 1.15 bits per heavy atom. The quantitative estimate of drug-likeness (QED) is 0.874. The molecule has 0 saturated heterocycles. The lowest BCUT2D eigenvalue weighted by atomic mass is 10.1. The molecule has 20 heavy (non-hydrogen) atoms. The van der Waals surface area contributed by atoms with Gasteiger partial charge >= 0.3 is 0 Å². The van der Waals surface area contributed by atoms with E-state index in [1.165, 1.54) is 16.7 Å². The van der Waals surface area contributed by atoms with Crippen LogP contribution in [0.4, 0.5) is 0 Å². The minimum atomic E-state index is 0.296. The van der Waals surface area contributed by atoms with Crippen molar-refractivity contribution >= 4 is 11.8 Å². The van der Waals surface area contributed by atoms with Crippen LogP contribution in [0.3, 0.4) is 0 Å². The molecule has 2 rings (SSSR count). The highest BCUT2D eigenvalue weighted by Crippen LogP contribution is 2.32. The lowest BCUT2D eigenvalue weighted by Crippen LogP contribution is -2.10. The lowest BCUT2D eigenvalue weighted by Gasteiger charge is -2.16. The minimum absolute atomic E-state index is 0.296. The number of hydrogen-bond acceptors (Lipinski definition) is 3. The Morgan fingerprint density at radius 2 is 1.95 bits per heavy atom. The predicted molar refractivity (Wildman–Crippen MR) is 87.3 cm³/mol. The molecule has 0 fully saturated rings. The number of rotatable bonds is 6. The molecule has 3 heteroatoms. The Bertz CT molecular complexity index is 556. The van der Waals surface area contributed by atoms with E-state index in [0.29, 0.717) is 11.8 Å². The highest BCUT2D eigenvalue weighted by atomic mass is 32.2. The number of methoxy groups -OCH3 is 1. The van der Waals surface area contributed by atoms with Crippen LogP contribution in [0, 0.1) is 6.92 Å². The highest BCUT2D eigenvalue weighted by molar-refractivity contribution is 7.98. The predicted octanol–water partition coefficient (Wildman–Crippen LogP) is 3.94. The van der Waals surface area contributed by atoms with Crippen molar-refractivity contribution in [1.82, 2.24) is 0 Å². The van der Waals surface area contributed by atoms with Crippen LogP contribution in [0.15, 0.2) is 48.5 Å². The van der Waals surface area contributed by atoms with E-state index < -0.39 is 0 Å². The topological polar surface area (TPSA) is 35.2 Å². The van der Waals surface area contributed by atoms with Crippen molar-refractivity contribution in [1.29, 1.82) is 0 Å². The average molecular weight is 287 g/mol. The molecule has 1 atom stereocenters. The van der Waals surface area contributed by atoms with Crippen LogP contribution in [-0.4, -0.2) is 13.7 Å². The van der Waals surface area contributed by atoms with Gasteiger partial charge in [0, 0.05) is 17.5 Å². The third-order valence-electron chi connectivity index (χ3n) is 3.38. The van der Waals surface area contributed by atoms with Gasteiger partial charge in [0.25, 0.3) is 0 Å². The van der Waals surface area contributed by atoms with Crippen LogP contribution in [0.1, 0.15) is 21.9 Å². The van der Waals surface area contributed by atoms with Crippen molar-refractivity contribution in [3.8, 4) is 5.75 Å². The Balaban J connectivity index is 2.07. The minimum Gasteiger partial charge on any atom is -0.497 e. The summed E-state index contributed by atoms with van der Waals surface area (Å²) in [6.07, 6.45) is 0. The molecule has 0 aliphatic heterocycles. The van der Waals surface area contributed by atoms with Crippen molar-refractivity contribution in [2.24, 2.45) is 5.73 Å². The number of thioether (sulfide) groups is 1. The zero-order valence-electron chi connectivity index (χ0n) is 12.0. The molecule has 0 amide bonds. The van der Waals surface area contributed by atoms with Gasteiger partial charge in [-0.2, -0.15) is 0 Å². The van der Waals surface area contributed by atoms with Crippen LogP contribution in [0.5, 0.6) is 5.75 Å². The first kappa shape index (κ1) is 14.9. The van der Waals surface area contributed by atoms with E-state index >= 15 is 0 Å². The molecule has 0 heterocycles. The van der Waals surface area contributed by atoms with Crippen molar-refractivity contribution < 1.29 is 4.74 Å². The van der Waals surface area contributed by atoms with Gasteiger partial charge in [0.05, 0.1) is 7.11 Å². The second kappa shape index (κ2) is 7.36. The molecule has 0 radical (unpaired) electrons. The SMILES string of the molecule is COc1cccc(C(CN)SCc2ccccc2C)c1. The molecule has 0 aromatic heterocycles. The van der Waals surface area contributed by atoms with E-state index in [1.54, 1.807) is 7.11 Å². The molecule has 0 aliphatic rings. The summed E-state index contributed by atoms with van der Waals surface area (Å²) in [4.78, 5) is 0. The van der Waals surface area contributed by atoms with Crippen molar-refractivity contribution in [3.63, 3.8) is 0 Å². The molecule has 0 saturated carbocycles. The second-order valence-electron chi connectivity index (χ2n) is 4.74. The summed E-state index contributed by atoms with van der Waals surface area (Å²) in [5.74, 6) is 1.86. The Kier molecular flexibility index (Phi) is 5.50. The zero-order valence-corrected chi connectivity index (χ0v) is 12.8. The zero-order chi connectivity index (χ0) is 14.4. The maximum atomic E-state index is 5.94. The van der Waals surface area contributed by atoms with E-state index in [9.17, 15) is 0 Å². The molecule has 0 bridgehead atoms. The van der Waals surface area contributed by atoms with Gasteiger partial charge in [0.15, 0.2) is 0 Å². The van der Waals surface area contributed by atoms with E-state index in [4.69, 9.17) is 10.5 Å². The van der Waals surface area contributed by atoms with Gasteiger partial charge in [0.1, 0.15) is 5.75 Å². The van der Waals surface area contributed by atoms with Crippen molar-refractivity contribution in [3.05, 3.63) is 65.2 Å². The number of aryl methyl sites for hydroxylation is 1. The Labute approximate surface area is 125 Å². The second-order valence-corrected chi connectivity index (χ2v) is 5.93. The van der Waals surface area contributed by atoms with Gasteiger partial charge in [-0.1, -0.05) is 36.4 Å². The fourth-order valence-corrected chi connectivity index (χ4v) is 3.28. The van der Waals surface area contributed by atoms with E-state index in [0.717, 1.165) is 11.5 Å². The number of hydrogen-bond donors (Lipinski definition) is 1. The largest absolute Gasteiger partial charge is 0.497 e. The number of benzene rings is 2. The summed E-state index contributed by atoms with van der Waals surface area (Å²) >= 11 is 1.88. The van der Waals surface area contributed by atoms with Gasteiger partial charge in [0.2, 0.25) is 0 Å². The summed E-state index contributed by atoms with van der Waals surface area (Å²) in [6.45, 7) is 2.78. The van der Waals surface area contributed by atoms with E-state index in [1.807, 2.05) is 23.9 Å². The fourth-order valence-electron chi connectivity index (χ4n) is 2.10. The molecule has 1 unspecified atom stereocenters. The molecule has 106 valence electrons. The molecular weight excluding hydrogens is 266 g/mol. The average Bonchev–Trinajstić information content (AvgIpc) is 2.50. The number of ether oxygens (including phenoxy) is 1. The first-order valence-corrected chi connectivity index (χ1v) is 7.79. The molecule has 2 aromatic rings. The van der Waals surface area contributed by atoms with Crippen LogP contribution >= 0.6 is 11.8 Å². The van der Waals surface area contributed by atoms with Gasteiger partial charge in [-0.3, -0.25) is 0 Å².